The van der Waals surface area contributed by atoms with Crippen LogP contribution >= 0.6 is 0 Å². The van der Waals surface area contributed by atoms with E-state index in [-0.39, 0.29) is 18.0 Å². The van der Waals surface area contributed by atoms with Gasteiger partial charge in [0, 0.05) is 18.7 Å². The molecule has 112 valence electrons. The zero-order valence-corrected chi connectivity index (χ0v) is 12.2. The fraction of sp³-hybridized carbons (Fsp3) is 0.714. The number of carbonyl (C=O) groups excluding carboxylic acids is 1. The van der Waals surface area contributed by atoms with Gasteiger partial charge in [0.05, 0.1) is 6.54 Å². The van der Waals surface area contributed by atoms with Gasteiger partial charge in [-0.15, -0.1) is 4.74 Å². The Morgan fingerprint density at radius 3 is 2.95 bits per heavy atom. The number of hydrogen-bond acceptors (Lipinski definition) is 5. The van der Waals surface area contributed by atoms with Crippen LogP contribution < -0.4 is 10.9 Å². The Kier molecular flexibility index (Phi) is 5.14. The van der Waals surface area contributed by atoms with Crippen molar-refractivity contribution < 1.29 is 9.32 Å². The van der Waals surface area contributed by atoms with E-state index in [0.29, 0.717) is 11.8 Å². The highest BCUT2D eigenvalue weighted by Gasteiger charge is 2.24. The molecule has 2 heterocycles. The summed E-state index contributed by atoms with van der Waals surface area (Å²) in [6, 6.07) is 1.70. The van der Waals surface area contributed by atoms with Crippen LogP contribution in [0.1, 0.15) is 36.7 Å². The van der Waals surface area contributed by atoms with E-state index < -0.39 is 0 Å². The summed E-state index contributed by atoms with van der Waals surface area (Å²) in [5.74, 6) is 0.173. The molecule has 2 rings (SSSR count). The van der Waals surface area contributed by atoms with Crippen LogP contribution in [0.5, 0.6) is 0 Å². The maximum atomic E-state index is 12.2. The zero-order chi connectivity index (χ0) is 14.5. The predicted molar refractivity (Wildman–Crippen MR) is 76.1 cm³/mol. The van der Waals surface area contributed by atoms with E-state index in [2.05, 4.69) is 17.1 Å². The number of piperidine rings is 1. The van der Waals surface area contributed by atoms with Crippen LogP contribution in [0.4, 0.5) is 0 Å². The second-order valence-electron chi connectivity index (χ2n) is 5.34. The summed E-state index contributed by atoms with van der Waals surface area (Å²) >= 11 is 0. The molecule has 1 aromatic heterocycles. The Hall–Kier alpha value is -1.40. The summed E-state index contributed by atoms with van der Waals surface area (Å²) in [5.41, 5.74) is -0.384. The average molecular weight is 281 g/mol. The molecule has 1 N–H and O–H groups in total. The summed E-state index contributed by atoms with van der Waals surface area (Å²) in [7, 11) is 0. The summed E-state index contributed by atoms with van der Waals surface area (Å²) in [6.45, 7) is 6.79. The zero-order valence-electron chi connectivity index (χ0n) is 12.2. The summed E-state index contributed by atoms with van der Waals surface area (Å²) < 4.78 is 6.02. The fourth-order valence-electron chi connectivity index (χ4n) is 2.68. The Labute approximate surface area is 118 Å². The van der Waals surface area contributed by atoms with E-state index in [1.165, 1.54) is 6.07 Å². The van der Waals surface area contributed by atoms with E-state index in [0.717, 1.165) is 43.6 Å². The number of aromatic nitrogens is 1. The van der Waals surface area contributed by atoms with Gasteiger partial charge in [-0.05, 0) is 39.3 Å². The van der Waals surface area contributed by atoms with Gasteiger partial charge in [-0.2, -0.15) is 0 Å². The van der Waals surface area contributed by atoms with Crippen molar-refractivity contribution in [2.24, 2.45) is 0 Å². The lowest BCUT2D eigenvalue weighted by atomic mass is 10.1. The summed E-state index contributed by atoms with van der Waals surface area (Å²) in [6.07, 6.45) is 3.20. The van der Waals surface area contributed by atoms with E-state index in [4.69, 9.17) is 4.52 Å². The Morgan fingerprint density at radius 1 is 1.60 bits per heavy atom. The fourth-order valence-corrected chi connectivity index (χ4v) is 2.68. The van der Waals surface area contributed by atoms with Crippen molar-refractivity contribution in [3.05, 3.63) is 22.2 Å². The number of hydrogen-bond donors (Lipinski definition) is 1. The van der Waals surface area contributed by atoms with Gasteiger partial charge in [-0.1, -0.05) is 6.92 Å². The molecule has 1 aromatic rings. The van der Waals surface area contributed by atoms with Gasteiger partial charge in [-0.25, -0.2) is 0 Å². The van der Waals surface area contributed by atoms with Gasteiger partial charge in [0.1, 0.15) is 5.76 Å². The molecule has 1 fully saturated rings. The minimum absolute atomic E-state index is 0.229. The molecule has 0 aromatic carbocycles. The maximum absolute atomic E-state index is 12.2. The van der Waals surface area contributed by atoms with E-state index >= 15 is 0 Å². The molecule has 1 saturated heterocycles. The minimum atomic E-state index is -0.384. The van der Waals surface area contributed by atoms with Crippen LogP contribution in [0.3, 0.4) is 0 Å². The molecule has 20 heavy (non-hydrogen) atoms. The van der Waals surface area contributed by atoms with Crippen LogP contribution in [-0.4, -0.2) is 47.8 Å². The second kappa shape index (κ2) is 6.85. The molecular weight excluding hydrogens is 258 g/mol. The topological polar surface area (TPSA) is 67.5 Å². The molecule has 0 bridgehead atoms. The lowest BCUT2D eigenvalue weighted by molar-refractivity contribution is 0.0659. The monoisotopic (exact) mass is 281 g/mol. The molecule has 0 amide bonds. The van der Waals surface area contributed by atoms with Crippen LogP contribution in [0, 0.1) is 6.92 Å². The molecule has 6 nitrogen and oxygen atoms in total. The lowest BCUT2D eigenvalue weighted by Crippen LogP contribution is -2.49. The second-order valence-corrected chi connectivity index (χ2v) is 5.34. The standard InChI is InChI=1S/C14H23N3O3/c1-3-7-16(12-5-4-6-15-9-12)10-14(19)17-13(18)8-11(2)20-17/h8,12,15H,3-7,9-10H2,1-2H3. The highest BCUT2D eigenvalue weighted by atomic mass is 16.5. The number of rotatable bonds is 5. The van der Waals surface area contributed by atoms with Gasteiger partial charge in [0.15, 0.2) is 0 Å². The highest BCUT2D eigenvalue weighted by Crippen LogP contribution is 2.11. The van der Waals surface area contributed by atoms with Crippen LogP contribution in [0.25, 0.3) is 0 Å². The van der Waals surface area contributed by atoms with Crippen molar-refractivity contribution in [3.63, 3.8) is 0 Å². The van der Waals surface area contributed by atoms with E-state index in [1.54, 1.807) is 6.92 Å². The Balaban J connectivity index is 2.05. The van der Waals surface area contributed by atoms with Crippen LogP contribution in [0.2, 0.25) is 0 Å². The average Bonchev–Trinajstić information content (AvgIpc) is 2.78. The first kappa shape index (κ1) is 15.0. The van der Waals surface area contributed by atoms with Crippen LogP contribution in [0.15, 0.2) is 15.4 Å². The summed E-state index contributed by atoms with van der Waals surface area (Å²) in [4.78, 5) is 26.0. The van der Waals surface area contributed by atoms with Gasteiger partial charge in [-0.3, -0.25) is 14.5 Å². The number of carbonyl (C=O) groups is 1. The number of nitrogens with zero attached hydrogens (tertiary/aromatic N) is 2. The highest BCUT2D eigenvalue weighted by molar-refractivity contribution is 5.79. The normalized spacial score (nSPS) is 19.4. The molecule has 6 heteroatoms. The predicted octanol–water partition coefficient (Wildman–Crippen LogP) is 0.854. The first-order chi connectivity index (χ1) is 9.61. The maximum Gasteiger partial charge on any atom is 0.290 e. The Bertz CT molecular complexity index is 500. The minimum Gasteiger partial charge on any atom is -0.373 e. The van der Waals surface area contributed by atoms with Gasteiger partial charge in [0.2, 0.25) is 0 Å². The third kappa shape index (κ3) is 3.58. The smallest absolute Gasteiger partial charge is 0.290 e. The molecule has 0 spiro atoms. The largest absolute Gasteiger partial charge is 0.373 e. The van der Waals surface area contributed by atoms with E-state index in [9.17, 15) is 9.59 Å². The first-order valence-electron chi connectivity index (χ1n) is 7.29. The molecule has 1 aliphatic heterocycles. The van der Waals surface area contributed by atoms with Crippen molar-refractivity contribution >= 4 is 5.91 Å². The van der Waals surface area contributed by atoms with Crippen molar-refractivity contribution in [3.8, 4) is 0 Å². The first-order valence-corrected chi connectivity index (χ1v) is 7.29. The van der Waals surface area contributed by atoms with Crippen molar-refractivity contribution in [2.45, 2.75) is 39.2 Å². The third-order valence-electron chi connectivity index (χ3n) is 3.63. The van der Waals surface area contributed by atoms with E-state index in [1.807, 2.05) is 0 Å². The molecule has 0 saturated carbocycles. The Morgan fingerprint density at radius 2 is 2.40 bits per heavy atom. The van der Waals surface area contributed by atoms with Gasteiger partial charge in [0.25, 0.3) is 11.5 Å². The van der Waals surface area contributed by atoms with Gasteiger partial charge < -0.3 is 9.84 Å². The number of aryl methyl sites for hydroxylation is 1. The quantitative estimate of drug-likeness (QED) is 0.867. The van der Waals surface area contributed by atoms with Gasteiger partial charge >= 0.3 is 0 Å². The summed E-state index contributed by atoms with van der Waals surface area (Å²) in [5, 5.41) is 3.36. The molecule has 1 atom stereocenters. The van der Waals surface area contributed by atoms with Crippen molar-refractivity contribution in [2.75, 3.05) is 26.2 Å². The third-order valence-corrected chi connectivity index (χ3v) is 3.63. The van der Waals surface area contributed by atoms with Crippen molar-refractivity contribution in [1.82, 2.24) is 15.0 Å². The molecule has 1 aliphatic rings. The van der Waals surface area contributed by atoms with Crippen LogP contribution in [-0.2, 0) is 0 Å². The SMILES string of the molecule is CCCN(CC(=O)n1oc(C)cc1=O)C1CCCNC1. The molecule has 0 radical (unpaired) electrons. The van der Waals surface area contributed by atoms with Crippen molar-refractivity contribution in [1.29, 1.82) is 0 Å². The molecular formula is C14H23N3O3. The molecule has 1 unspecified atom stereocenters. The lowest BCUT2D eigenvalue weighted by Gasteiger charge is -2.33. The molecule has 0 aliphatic carbocycles. The number of nitrogens with one attached hydrogen (secondary N) is 1.